The van der Waals surface area contributed by atoms with Crippen molar-refractivity contribution in [3.8, 4) is 11.5 Å². The van der Waals surface area contributed by atoms with Crippen LogP contribution in [0.1, 0.15) is 5.56 Å². The number of phenols is 2. The van der Waals surface area contributed by atoms with Gasteiger partial charge in [0.05, 0.1) is 4.90 Å². The van der Waals surface area contributed by atoms with Gasteiger partial charge in [0.25, 0.3) is 0 Å². The molecule has 0 spiro atoms. The van der Waals surface area contributed by atoms with Gasteiger partial charge >= 0.3 is 0 Å². The summed E-state index contributed by atoms with van der Waals surface area (Å²) >= 11 is 0. The van der Waals surface area contributed by atoms with E-state index in [0.29, 0.717) is 0 Å². The summed E-state index contributed by atoms with van der Waals surface area (Å²) in [4.78, 5) is -0.178. The summed E-state index contributed by atoms with van der Waals surface area (Å²) in [6.45, 7) is 1.52. The molecule has 94 valence electrons. The Morgan fingerprint density at radius 1 is 0.833 bits per heavy atom. The second-order valence-corrected chi connectivity index (χ2v) is 5.76. The molecule has 0 aliphatic carbocycles. The Morgan fingerprint density at radius 2 is 1.39 bits per heavy atom. The molecule has 0 heterocycles. The Labute approximate surface area is 105 Å². The minimum Gasteiger partial charge on any atom is -0.508 e. The lowest BCUT2D eigenvalue weighted by atomic mass is 10.2. The lowest BCUT2D eigenvalue weighted by Gasteiger charge is -2.10. The van der Waals surface area contributed by atoms with Gasteiger partial charge in [-0.15, -0.1) is 0 Å². The normalized spacial score (nSPS) is 11.4. The molecule has 2 N–H and O–H groups in total. The van der Waals surface area contributed by atoms with Gasteiger partial charge in [0.15, 0.2) is 0 Å². The molecule has 0 aromatic heterocycles. The van der Waals surface area contributed by atoms with Crippen LogP contribution in [0.4, 0.5) is 0 Å². The van der Waals surface area contributed by atoms with Gasteiger partial charge in [-0.2, -0.15) is 0 Å². The Morgan fingerprint density at radius 3 is 2.06 bits per heavy atom. The molecule has 0 aliphatic heterocycles. The molecule has 0 atom stereocenters. The van der Waals surface area contributed by atoms with E-state index in [1.807, 2.05) is 0 Å². The molecule has 0 radical (unpaired) electrons. The summed E-state index contributed by atoms with van der Waals surface area (Å²) in [5.74, 6) is -0.397. The Balaban J connectivity index is 2.71. The number of benzene rings is 2. The van der Waals surface area contributed by atoms with Crippen LogP contribution in [0.25, 0.3) is 0 Å². The molecule has 2 aromatic rings. The van der Waals surface area contributed by atoms with Crippen LogP contribution < -0.4 is 0 Å². The first kappa shape index (κ1) is 12.4. The fourth-order valence-corrected chi connectivity index (χ4v) is 3.30. The highest BCUT2D eigenvalue weighted by molar-refractivity contribution is 7.91. The van der Waals surface area contributed by atoms with Crippen molar-refractivity contribution in [2.45, 2.75) is 16.7 Å². The van der Waals surface area contributed by atoms with Crippen LogP contribution in [0.3, 0.4) is 0 Å². The van der Waals surface area contributed by atoms with Gasteiger partial charge in [0, 0.05) is 5.56 Å². The van der Waals surface area contributed by atoms with E-state index in [1.165, 1.54) is 43.3 Å². The van der Waals surface area contributed by atoms with Gasteiger partial charge in [-0.05, 0) is 31.2 Å². The van der Waals surface area contributed by atoms with Crippen molar-refractivity contribution in [1.82, 2.24) is 0 Å². The summed E-state index contributed by atoms with van der Waals surface area (Å²) in [6, 6.07) is 9.98. The Kier molecular flexibility index (Phi) is 3.00. The zero-order valence-electron chi connectivity index (χ0n) is 9.66. The van der Waals surface area contributed by atoms with Crippen molar-refractivity contribution >= 4 is 9.84 Å². The zero-order chi connectivity index (χ0) is 13.3. The van der Waals surface area contributed by atoms with Crippen LogP contribution in [0, 0.1) is 6.92 Å². The quantitative estimate of drug-likeness (QED) is 0.872. The molecule has 0 amide bonds. The monoisotopic (exact) mass is 264 g/mol. The van der Waals surface area contributed by atoms with Crippen LogP contribution in [0.2, 0.25) is 0 Å². The maximum atomic E-state index is 12.4. The molecular formula is C13H12O4S. The fourth-order valence-electron chi connectivity index (χ4n) is 1.70. The van der Waals surface area contributed by atoms with Crippen LogP contribution in [-0.2, 0) is 9.84 Å². The summed E-state index contributed by atoms with van der Waals surface area (Å²) in [7, 11) is -3.83. The molecule has 18 heavy (non-hydrogen) atoms. The standard InChI is InChI=1S/C13H12O4S/c1-9-10(14)6-4-8-12(9)18(16,17)13-7-3-2-5-11(13)15/h2-8,14-15H,1H3. The molecule has 2 aromatic carbocycles. The molecule has 0 unspecified atom stereocenters. The maximum absolute atomic E-state index is 12.4. The average molecular weight is 264 g/mol. The SMILES string of the molecule is Cc1c(O)cccc1S(=O)(=O)c1ccccc1O. The second-order valence-electron chi connectivity index (χ2n) is 3.87. The number of hydrogen-bond acceptors (Lipinski definition) is 4. The van der Waals surface area contributed by atoms with Gasteiger partial charge in [-0.1, -0.05) is 18.2 Å². The van der Waals surface area contributed by atoms with E-state index in [1.54, 1.807) is 6.07 Å². The van der Waals surface area contributed by atoms with Crippen molar-refractivity contribution in [3.63, 3.8) is 0 Å². The molecule has 0 bridgehead atoms. The fraction of sp³-hybridized carbons (Fsp3) is 0.0769. The Hall–Kier alpha value is -2.01. The van der Waals surface area contributed by atoms with E-state index < -0.39 is 9.84 Å². The Bertz CT molecular complexity index is 690. The summed E-state index contributed by atoms with van der Waals surface area (Å²) in [5, 5.41) is 19.2. The van der Waals surface area contributed by atoms with Gasteiger partial charge in [-0.3, -0.25) is 0 Å². The van der Waals surface area contributed by atoms with Gasteiger partial charge in [0.2, 0.25) is 9.84 Å². The summed E-state index contributed by atoms with van der Waals surface area (Å²) in [5.41, 5.74) is 0.265. The van der Waals surface area contributed by atoms with E-state index in [-0.39, 0.29) is 26.9 Å². The van der Waals surface area contributed by atoms with Crippen LogP contribution in [0.15, 0.2) is 52.3 Å². The topological polar surface area (TPSA) is 74.6 Å². The van der Waals surface area contributed by atoms with Gasteiger partial charge < -0.3 is 10.2 Å². The summed E-state index contributed by atoms with van der Waals surface area (Å²) < 4.78 is 24.7. The number of phenolic OH excluding ortho intramolecular Hbond substituents is 2. The third-order valence-corrected chi connectivity index (χ3v) is 4.65. The van der Waals surface area contributed by atoms with Crippen LogP contribution >= 0.6 is 0 Å². The molecule has 0 saturated heterocycles. The molecule has 0 aliphatic rings. The minimum atomic E-state index is -3.83. The second kappa shape index (κ2) is 4.34. The van der Waals surface area contributed by atoms with Crippen molar-refractivity contribution in [3.05, 3.63) is 48.0 Å². The lowest BCUT2D eigenvalue weighted by Crippen LogP contribution is -2.04. The van der Waals surface area contributed by atoms with Crippen molar-refractivity contribution in [1.29, 1.82) is 0 Å². The molecule has 4 nitrogen and oxygen atoms in total. The van der Waals surface area contributed by atoms with Gasteiger partial charge in [-0.25, -0.2) is 8.42 Å². The van der Waals surface area contributed by atoms with Crippen molar-refractivity contribution < 1.29 is 18.6 Å². The van der Waals surface area contributed by atoms with Crippen molar-refractivity contribution in [2.24, 2.45) is 0 Å². The molecule has 5 heteroatoms. The number of para-hydroxylation sites is 1. The largest absolute Gasteiger partial charge is 0.508 e. The average Bonchev–Trinajstić information content (AvgIpc) is 2.32. The maximum Gasteiger partial charge on any atom is 0.210 e. The first-order valence-electron chi connectivity index (χ1n) is 5.26. The first-order valence-corrected chi connectivity index (χ1v) is 6.74. The van der Waals surface area contributed by atoms with Crippen molar-refractivity contribution in [2.75, 3.05) is 0 Å². The van der Waals surface area contributed by atoms with E-state index in [9.17, 15) is 18.6 Å². The van der Waals surface area contributed by atoms with Gasteiger partial charge in [0.1, 0.15) is 16.4 Å². The molecule has 2 rings (SSSR count). The number of aromatic hydroxyl groups is 2. The third-order valence-electron chi connectivity index (χ3n) is 2.70. The van der Waals surface area contributed by atoms with E-state index >= 15 is 0 Å². The highest BCUT2D eigenvalue weighted by atomic mass is 32.2. The zero-order valence-corrected chi connectivity index (χ0v) is 10.5. The molecule has 0 fully saturated rings. The minimum absolute atomic E-state index is 0.0102. The predicted molar refractivity (Wildman–Crippen MR) is 66.4 cm³/mol. The number of rotatable bonds is 2. The van der Waals surface area contributed by atoms with Crippen LogP contribution in [-0.4, -0.2) is 18.6 Å². The highest BCUT2D eigenvalue weighted by Gasteiger charge is 2.23. The van der Waals surface area contributed by atoms with Crippen LogP contribution in [0.5, 0.6) is 11.5 Å². The number of hydrogen-bond donors (Lipinski definition) is 2. The van der Waals surface area contributed by atoms with E-state index in [0.717, 1.165) is 0 Å². The lowest BCUT2D eigenvalue weighted by molar-refractivity contribution is 0.457. The smallest absolute Gasteiger partial charge is 0.210 e. The first-order chi connectivity index (χ1) is 8.44. The van der Waals surface area contributed by atoms with E-state index in [2.05, 4.69) is 0 Å². The molecule has 0 saturated carbocycles. The third kappa shape index (κ3) is 1.93. The molecular weight excluding hydrogens is 252 g/mol. The van der Waals surface area contributed by atoms with E-state index in [4.69, 9.17) is 0 Å². The number of sulfone groups is 1. The highest BCUT2D eigenvalue weighted by Crippen LogP contribution is 2.32. The predicted octanol–water partition coefficient (Wildman–Crippen LogP) is 2.24. The summed E-state index contributed by atoms with van der Waals surface area (Å²) in [6.07, 6.45) is 0.